The van der Waals surface area contributed by atoms with Crippen LogP contribution in [0.1, 0.15) is 52.4 Å². The van der Waals surface area contributed by atoms with E-state index in [1.807, 2.05) is 6.92 Å². The van der Waals surface area contributed by atoms with Gasteiger partial charge in [-0.25, -0.2) is 4.79 Å². The van der Waals surface area contributed by atoms with Crippen LogP contribution in [-0.2, 0) is 19.1 Å². The first kappa shape index (κ1) is 22.2. The number of rotatable bonds is 7. The molecule has 1 unspecified atom stereocenters. The Labute approximate surface area is 158 Å². The molecule has 0 spiro atoms. The number of carboxylic acid groups (broad SMARTS) is 1. The van der Waals surface area contributed by atoms with Crippen molar-refractivity contribution in [3.05, 3.63) is 0 Å². The molecule has 0 saturated heterocycles. The number of ether oxygens (including phenoxy) is 2. The first-order valence-corrected chi connectivity index (χ1v) is 7.77. The number of amides is 1. The van der Waals surface area contributed by atoms with Crippen LogP contribution in [-0.4, -0.2) is 30.9 Å². The van der Waals surface area contributed by atoms with Crippen LogP contribution >= 0.6 is 0 Å². The Morgan fingerprint density at radius 1 is 1.17 bits per heavy atom. The Morgan fingerprint density at radius 2 is 1.78 bits per heavy atom. The molecule has 0 radical (unpaired) electrons. The van der Waals surface area contributed by atoms with E-state index in [0.29, 0.717) is 25.8 Å². The minimum absolute atomic E-state index is 0. The van der Waals surface area contributed by atoms with Gasteiger partial charge in [0.25, 0.3) is 0 Å². The quantitative estimate of drug-likeness (QED) is 0.326. The van der Waals surface area contributed by atoms with Gasteiger partial charge in [0.2, 0.25) is 6.29 Å². The standard InChI is InChI=1S/C15H25NO6.Na/c1-3-4-13(17)21-10(2)22-15(20)16-9-11-5-7-12(8-6-11)14(18)19;/h10-12H,3-9H2,1-2H3,(H,16,20)(H,18,19);/q;+1/p-1/t10?,11-,12-;. The number of carboxylic acids is 1. The number of hydrogen-bond acceptors (Lipinski definition) is 6. The van der Waals surface area contributed by atoms with E-state index in [2.05, 4.69) is 5.32 Å². The van der Waals surface area contributed by atoms with Crippen LogP contribution in [0.5, 0.6) is 0 Å². The summed E-state index contributed by atoms with van der Waals surface area (Å²) in [6.07, 6.45) is 2.03. The molecule has 1 aliphatic carbocycles. The molecular weight excluding hydrogens is 313 g/mol. The van der Waals surface area contributed by atoms with E-state index in [9.17, 15) is 19.5 Å². The molecule has 1 rings (SSSR count). The van der Waals surface area contributed by atoms with Gasteiger partial charge in [0, 0.05) is 25.9 Å². The van der Waals surface area contributed by atoms with Crippen molar-refractivity contribution in [2.75, 3.05) is 6.54 Å². The fraction of sp³-hybridized carbons (Fsp3) is 0.800. The van der Waals surface area contributed by atoms with E-state index in [1.165, 1.54) is 6.92 Å². The van der Waals surface area contributed by atoms with Gasteiger partial charge in [-0.05, 0) is 43.9 Å². The molecule has 23 heavy (non-hydrogen) atoms. The number of aliphatic carboxylic acids is 1. The van der Waals surface area contributed by atoms with Crippen molar-refractivity contribution in [2.45, 2.75) is 58.7 Å². The third-order valence-corrected chi connectivity index (χ3v) is 3.74. The summed E-state index contributed by atoms with van der Waals surface area (Å²) in [6, 6.07) is 0. The van der Waals surface area contributed by atoms with E-state index in [4.69, 9.17) is 9.47 Å². The maximum atomic E-state index is 11.6. The van der Waals surface area contributed by atoms with Gasteiger partial charge in [-0.2, -0.15) is 0 Å². The molecule has 126 valence electrons. The SMILES string of the molecule is CCCC(=O)OC(C)OC(=O)NC[C@H]1CC[C@H](C(=O)[O-])CC1.[Na+]. The molecule has 1 atom stereocenters. The van der Waals surface area contributed by atoms with Crippen LogP contribution in [0.3, 0.4) is 0 Å². The number of nitrogens with one attached hydrogen (secondary N) is 1. The third-order valence-electron chi connectivity index (χ3n) is 3.74. The summed E-state index contributed by atoms with van der Waals surface area (Å²) in [7, 11) is 0. The largest absolute Gasteiger partial charge is 1.00 e. The average Bonchev–Trinajstić information content (AvgIpc) is 2.45. The number of alkyl carbamates (subject to hydrolysis) is 1. The Hall–Kier alpha value is -0.790. The van der Waals surface area contributed by atoms with Gasteiger partial charge in [0.05, 0.1) is 0 Å². The zero-order valence-electron chi connectivity index (χ0n) is 14.1. The minimum Gasteiger partial charge on any atom is -0.550 e. The van der Waals surface area contributed by atoms with Gasteiger partial charge in [0.15, 0.2) is 0 Å². The Bertz CT molecular complexity index is 395. The van der Waals surface area contributed by atoms with Crippen molar-refractivity contribution in [3.8, 4) is 0 Å². The molecule has 0 aromatic rings. The molecule has 0 aromatic carbocycles. The Balaban J connectivity index is 0.00000484. The number of carbonyl (C=O) groups excluding carboxylic acids is 3. The molecule has 1 aliphatic rings. The molecule has 1 fully saturated rings. The summed E-state index contributed by atoms with van der Waals surface area (Å²) in [5.41, 5.74) is 0. The Kier molecular flexibility index (Phi) is 11.3. The number of hydrogen-bond donors (Lipinski definition) is 1. The van der Waals surface area contributed by atoms with Gasteiger partial charge >= 0.3 is 41.6 Å². The summed E-state index contributed by atoms with van der Waals surface area (Å²) in [4.78, 5) is 33.6. The van der Waals surface area contributed by atoms with Crippen LogP contribution in [0.25, 0.3) is 0 Å². The van der Waals surface area contributed by atoms with Gasteiger partial charge in [-0.1, -0.05) is 6.92 Å². The molecule has 1 saturated carbocycles. The summed E-state index contributed by atoms with van der Waals surface area (Å²) >= 11 is 0. The molecule has 0 heterocycles. The van der Waals surface area contributed by atoms with Crippen LogP contribution in [0.4, 0.5) is 4.79 Å². The number of carbonyl (C=O) groups is 3. The van der Waals surface area contributed by atoms with Gasteiger partial charge in [-0.15, -0.1) is 0 Å². The van der Waals surface area contributed by atoms with Crippen LogP contribution in [0.2, 0.25) is 0 Å². The molecule has 1 amide bonds. The van der Waals surface area contributed by atoms with E-state index >= 15 is 0 Å². The van der Waals surface area contributed by atoms with Crippen molar-refractivity contribution in [1.82, 2.24) is 5.32 Å². The van der Waals surface area contributed by atoms with E-state index in [0.717, 1.165) is 12.8 Å². The molecule has 0 bridgehead atoms. The molecule has 0 aromatic heterocycles. The molecular formula is C15H24NNaO6. The van der Waals surface area contributed by atoms with Crippen molar-refractivity contribution >= 4 is 18.0 Å². The summed E-state index contributed by atoms with van der Waals surface area (Å²) in [6.45, 7) is 3.76. The molecule has 8 heteroatoms. The average molecular weight is 337 g/mol. The van der Waals surface area contributed by atoms with Gasteiger partial charge in [-0.3, -0.25) is 4.79 Å². The second-order valence-electron chi connectivity index (χ2n) is 5.63. The van der Waals surface area contributed by atoms with E-state index < -0.39 is 24.3 Å². The zero-order valence-corrected chi connectivity index (χ0v) is 16.1. The smallest absolute Gasteiger partial charge is 0.550 e. The normalized spacial score (nSPS) is 21.5. The Morgan fingerprint density at radius 3 is 2.30 bits per heavy atom. The van der Waals surface area contributed by atoms with E-state index in [-0.39, 0.29) is 47.8 Å². The predicted octanol–water partition coefficient (Wildman–Crippen LogP) is -2.04. The fourth-order valence-corrected chi connectivity index (χ4v) is 2.49. The number of esters is 1. The van der Waals surface area contributed by atoms with Crippen molar-refractivity contribution in [2.24, 2.45) is 11.8 Å². The van der Waals surface area contributed by atoms with E-state index in [1.54, 1.807) is 0 Å². The molecule has 0 aliphatic heterocycles. The topological polar surface area (TPSA) is 105 Å². The van der Waals surface area contributed by atoms with Crippen LogP contribution < -0.4 is 40.0 Å². The third kappa shape index (κ3) is 9.17. The van der Waals surface area contributed by atoms with Gasteiger partial charge in [0.1, 0.15) is 0 Å². The first-order chi connectivity index (χ1) is 10.4. The maximum absolute atomic E-state index is 11.6. The van der Waals surface area contributed by atoms with Crippen molar-refractivity contribution in [1.29, 1.82) is 0 Å². The second-order valence-corrected chi connectivity index (χ2v) is 5.63. The van der Waals surface area contributed by atoms with Crippen molar-refractivity contribution < 1.29 is 58.5 Å². The maximum Gasteiger partial charge on any atom is 1.00 e. The first-order valence-electron chi connectivity index (χ1n) is 7.77. The minimum atomic E-state index is -0.992. The summed E-state index contributed by atoms with van der Waals surface area (Å²) < 4.78 is 9.82. The predicted molar refractivity (Wildman–Crippen MR) is 75.4 cm³/mol. The van der Waals surface area contributed by atoms with Gasteiger partial charge < -0.3 is 24.7 Å². The van der Waals surface area contributed by atoms with Crippen molar-refractivity contribution in [3.63, 3.8) is 0 Å². The van der Waals surface area contributed by atoms with Crippen LogP contribution in [0, 0.1) is 11.8 Å². The summed E-state index contributed by atoms with van der Waals surface area (Å²) in [5.74, 6) is -1.53. The monoisotopic (exact) mass is 337 g/mol. The van der Waals surface area contributed by atoms with Crippen LogP contribution in [0.15, 0.2) is 0 Å². The summed E-state index contributed by atoms with van der Waals surface area (Å²) in [5, 5.41) is 13.4. The second kappa shape index (κ2) is 11.7. The fourth-order valence-electron chi connectivity index (χ4n) is 2.49. The molecule has 7 nitrogen and oxygen atoms in total. The zero-order chi connectivity index (χ0) is 16.5. The molecule has 1 N–H and O–H groups in total.